The highest BCUT2D eigenvalue weighted by molar-refractivity contribution is 5.97. The second kappa shape index (κ2) is 5.05. The van der Waals surface area contributed by atoms with Crippen molar-refractivity contribution >= 4 is 21.5 Å². The van der Waals surface area contributed by atoms with E-state index in [0.717, 1.165) is 0 Å². The maximum atomic E-state index is 12.3. The average Bonchev–Trinajstić information content (AvgIpc) is 2.88. The van der Waals surface area contributed by atoms with E-state index in [1.807, 2.05) is 13.8 Å². The van der Waals surface area contributed by atoms with Crippen molar-refractivity contribution < 1.29 is 0 Å². The third-order valence-corrected chi connectivity index (χ3v) is 3.95. The Hall–Kier alpha value is -2.50. The fourth-order valence-corrected chi connectivity index (χ4v) is 2.93. The van der Waals surface area contributed by atoms with Gasteiger partial charge in [-0.05, 0) is 25.0 Å². The molecular formula is C16H16N2O4. The molecule has 0 spiro atoms. The van der Waals surface area contributed by atoms with Crippen LogP contribution in [0, 0.1) is 0 Å². The van der Waals surface area contributed by atoms with Crippen LogP contribution in [-0.4, -0.2) is 9.13 Å². The van der Waals surface area contributed by atoms with Gasteiger partial charge in [-0.3, -0.25) is 28.3 Å². The maximum Gasteiger partial charge on any atom is 0.261 e. The number of fused-ring (bicyclic) bond motifs is 2. The molecule has 3 aromatic rings. The third-order valence-electron chi connectivity index (χ3n) is 3.95. The summed E-state index contributed by atoms with van der Waals surface area (Å²) in [6, 6.07) is 2.80. The molecule has 114 valence electrons. The smallest absolute Gasteiger partial charge is 0.261 e. The average molecular weight is 300 g/mol. The predicted octanol–water partition coefficient (Wildman–Crippen LogP) is 0.732. The zero-order chi connectivity index (χ0) is 16.0. The molecule has 0 fully saturated rings. The molecule has 0 saturated heterocycles. The van der Waals surface area contributed by atoms with Crippen LogP contribution in [0.25, 0.3) is 21.5 Å². The molecule has 0 N–H and O–H groups in total. The molecule has 6 nitrogen and oxygen atoms in total. The minimum atomic E-state index is -0.390. The topological polar surface area (TPSA) is 78.1 Å². The summed E-state index contributed by atoms with van der Waals surface area (Å²) in [4.78, 5) is 49.2. The van der Waals surface area contributed by atoms with Gasteiger partial charge in [0.25, 0.3) is 22.2 Å². The number of aromatic nitrogens is 2. The number of benzene rings is 1. The van der Waals surface area contributed by atoms with Crippen molar-refractivity contribution in [1.29, 1.82) is 0 Å². The Labute approximate surface area is 124 Å². The van der Waals surface area contributed by atoms with Gasteiger partial charge in [-0.2, -0.15) is 0 Å². The van der Waals surface area contributed by atoms with E-state index in [4.69, 9.17) is 0 Å². The molecule has 0 bridgehead atoms. The summed E-state index contributed by atoms with van der Waals surface area (Å²) in [5.41, 5.74) is -1.56. The van der Waals surface area contributed by atoms with Crippen LogP contribution in [-0.2, 0) is 13.1 Å². The Balaban J connectivity index is 2.47. The first kappa shape index (κ1) is 14.4. The quantitative estimate of drug-likeness (QED) is 0.711. The summed E-state index contributed by atoms with van der Waals surface area (Å²) in [6.07, 6.45) is 1.32. The summed E-state index contributed by atoms with van der Waals surface area (Å²) < 4.78 is 2.33. The molecule has 1 aromatic carbocycles. The Morgan fingerprint density at radius 2 is 0.909 bits per heavy atom. The summed E-state index contributed by atoms with van der Waals surface area (Å²) in [5, 5.41) is 0.877. The van der Waals surface area contributed by atoms with Crippen LogP contribution < -0.4 is 22.2 Å². The highest BCUT2D eigenvalue weighted by atomic mass is 16.2. The second-order valence-electron chi connectivity index (χ2n) is 5.47. The molecule has 6 heteroatoms. The maximum absolute atomic E-state index is 12.3. The molecule has 0 aliphatic heterocycles. The third kappa shape index (κ3) is 1.80. The molecular weight excluding hydrogens is 284 g/mol. The van der Waals surface area contributed by atoms with Gasteiger partial charge in [0, 0.05) is 13.1 Å². The molecule has 2 aromatic heterocycles. The summed E-state index contributed by atoms with van der Waals surface area (Å²) in [6.45, 7) is 4.42. The highest BCUT2D eigenvalue weighted by Gasteiger charge is 2.18. The predicted molar refractivity (Wildman–Crippen MR) is 85.5 cm³/mol. The molecule has 22 heavy (non-hydrogen) atoms. The zero-order valence-electron chi connectivity index (χ0n) is 12.5. The highest BCUT2D eigenvalue weighted by Crippen LogP contribution is 2.14. The lowest BCUT2D eigenvalue weighted by atomic mass is 10.1. The van der Waals surface area contributed by atoms with E-state index in [2.05, 4.69) is 0 Å². The summed E-state index contributed by atoms with van der Waals surface area (Å²) in [7, 11) is 0. The lowest BCUT2D eigenvalue weighted by molar-refractivity contribution is 0.649. The van der Waals surface area contributed by atoms with Gasteiger partial charge in [0.15, 0.2) is 0 Å². The molecule has 0 saturated carbocycles. The number of nitrogens with zero attached hydrogens (tertiary/aromatic N) is 2. The molecule has 0 aliphatic rings. The van der Waals surface area contributed by atoms with Crippen LogP contribution in [0.15, 0.2) is 31.3 Å². The van der Waals surface area contributed by atoms with E-state index in [1.165, 1.54) is 21.3 Å². The minimum Gasteiger partial charge on any atom is -0.274 e. The molecule has 0 unspecified atom stereocenters. The first-order chi connectivity index (χ1) is 10.5. The SMILES string of the molecule is CCCn1c(=O)c2cc3c(=O)n(CCC)c(=O)c3cc2c1=O. The van der Waals surface area contributed by atoms with E-state index in [-0.39, 0.29) is 43.8 Å². The van der Waals surface area contributed by atoms with Gasteiger partial charge in [0.2, 0.25) is 0 Å². The van der Waals surface area contributed by atoms with Crippen molar-refractivity contribution in [1.82, 2.24) is 9.13 Å². The Bertz CT molecular complexity index is 915. The van der Waals surface area contributed by atoms with E-state index in [1.54, 1.807) is 0 Å². The van der Waals surface area contributed by atoms with Crippen LogP contribution >= 0.6 is 0 Å². The van der Waals surface area contributed by atoms with Gasteiger partial charge in [0.1, 0.15) is 0 Å². The van der Waals surface area contributed by atoms with Crippen LogP contribution in [0.3, 0.4) is 0 Å². The van der Waals surface area contributed by atoms with Crippen LogP contribution in [0.5, 0.6) is 0 Å². The van der Waals surface area contributed by atoms with Gasteiger partial charge in [-0.25, -0.2) is 0 Å². The fourth-order valence-electron chi connectivity index (χ4n) is 2.93. The van der Waals surface area contributed by atoms with E-state index < -0.39 is 0 Å². The number of rotatable bonds is 4. The van der Waals surface area contributed by atoms with Crippen LogP contribution in [0.4, 0.5) is 0 Å². The monoisotopic (exact) mass is 300 g/mol. The summed E-state index contributed by atoms with van der Waals surface area (Å²) >= 11 is 0. The normalized spacial score (nSPS) is 11.7. The van der Waals surface area contributed by atoms with Crippen molar-refractivity contribution in [3.05, 3.63) is 53.5 Å². The standard InChI is InChI=1S/C16H16N2O4/c1-3-5-17-13(19)9-7-11-12(8-10(9)14(17)20)16(22)18(6-4-2)15(11)21/h7-8H,3-6H2,1-2H3. The first-order valence-corrected chi connectivity index (χ1v) is 7.41. The second-order valence-corrected chi connectivity index (χ2v) is 5.47. The van der Waals surface area contributed by atoms with Crippen molar-refractivity contribution in [2.45, 2.75) is 39.8 Å². The van der Waals surface area contributed by atoms with Crippen LogP contribution in [0.2, 0.25) is 0 Å². The van der Waals surface area contributed by atoms with Crippen molar-refractivity contribution in [2.75, 3.05) is 0 Å². The van der Waals surface area contributed by atoms with E-state index in [9.17, 15) is 19.2 Å². The van der Waals surface area contributed by atoms with Crippen molar-refractivity contribution in [2.24, 2.45) is 0 Å². The van der Waals surface area contributed by atoms with Gasteiger partial charge >= 0.3 is 0 Å². The Morgan fingerprint density at radius 3 is 1.14 bits per heavy atom. The molecule has 0 amide bonds. The Morgan fingerprint density at radius 1 is 0.636 bits per heavy atom. The van der Waals surface area contributed by atoms with Crippen molar-refractivity contribution in [3.8, 4) is 0 Å². The largest absolute Gasteiger partial charge is 0.274 e. The minimum absolute atomic E-state index is 0.219. The van der Waals surface area contributed by atoms with E-state index >= 15 is 0 Å². The fraction of sp³-hybridized carbons (Fsp3) is 0.375. The number of hydrogen-bond donors (Lipinski definition) is 0. The molecule has 0 atom stereocenters. The lowest BCUT2D eigenvalue weighted by Gasteiger charge is -1.93. The first-order valence-electron chi connectivity index (χ1n) is 7.41. The zero-order valence-corrected chi connectivity index (χ0v) is 12.5. The van der Waals surface area contributed by atoms with E-state index in [0.29, 0.717) is 25.9 Å². The summed E-state index contributed by atoms with van der Waals surface area (Å²) in [5.74, 6) is 0. The van der Waals surface area contributed by atoms with Gasteiger partial charge in [-0.1, -0.05) is 13.8 Å². The molecule has 2 heterocycles. The molecule has 0 radical (unpaired) electrons. The van der Waals surface area contributed by atoms with Crippen LogP contribution in [0.1, 0.15) is 26.7 Å². The van der Waals surface area contributed by atoms with Gasteiger partial charge in [0.05, 0.1) is 21.5 Å². The molecule has 3 rings (SSSR count). The Kier molecular flexibility index (Phi) is 3.31. The van der Waals surface area contributed by atoms with Crippen molar-refractivity contribution in [3.63, 3.8) is 0 Å². The number of hydrogen-bond acceptors (Lipinski definition) is 4. The molecule has 0 aliphatic carbocycles. The lowest BCUT2D eigenvalue weighted by Crippen LogP contribution is -2.25. The van der Waals surface area contributed by atoms with Gasteiger partial charge in [-0.15, -0.1) is 0 Å². The van der Waals surface area contributed by atoms with Gasteiger partial charge < -0.3 is 0 Å².